The summed E-state index contributed by atoms with van der Waals surface area (Å²) in [7, 11) is 0. The Morgan fingerprint density at radius 2 is 0.614 bits per heavy atom. The molecule has 338 valence electrons. The molecule has 0 aliphatic heterocycles. The smallest absolute Gasteiger partial charge is 0.306 e. The van der Waals surface area contributed by atoms with Gasteiger partial charge in [0.2, 0.25) is 0 Å². The maximum absolute atomic E-state index is 12.8. The Balaban J connectivity index is 4.33. The lowest BCUT2D eigenvalue weighted by atomic mass is 9.99. The van der Waals surface area contributed by atoms with Gasteiger partial charge in [-0.15, -0.1) is 0 Å². The van der Waals surface area contributed by atoms with Crippen LogP contribution in [0.3, 0.4) is 0 Å². The topological polar surface area (TPSA) is 78.9 Å². The number of hydrogen-bond acceptors (Lipinski definition) is 6. The van der Waals surface area contributed by atoms with Crippen molar-refractivity contribution in [2.45, 2.75) is 279 Å². The minimum atomic E-state index is -0.763. The second-order valence-electron chi connectivity index (χ2n) is 18.6. The van der Waals surface area contributed by atoms with Crippen molar-refractivity contribution in [1.29, 1.82) is 0 Å². The zero-order valence-electron chi connectivity index (χ0n) is 39.1. The Labute approximate surface area is 355 Å². The highest BCUT2D eigenvalue weighted by atomic mass is 16.6. The average molecular weight is 807 g/mol. The van der Waals surface area contributed by atoms with E-state index in [0.717, 1.165) is 75.5 Å². The number of carbonyl (C=O) groups excluding carboxylic acids is 3. The Kier molecular flexibility index (Phi) is 41.3. The fourth-order valence-corrected chi connectivity index (χ4v) is 7.55. The molecule has 6 nitrogen and oxygen atoms in total. The van der Waals surface area contributed by atoms with Gasteiger partial charge in [-0.3, -0.25) is 14.4 Å². The van der Waals surface area contributed by atoms with Gasteiger partial charge in [0.05, 0.1) is 0 Å². The first-order chi connectivity index (χ1) is 27.6. The fourth-order valence-electron chi connectivity index (χ4n) is 7.55. The Hall–Kier alpha value is -1.59. The summed E-state index contributed by atoms with van der Waals surface area (Å²) in [4.78, 5) is 37.9. The predicted molar refractivity (Wildman–Crippen MR) is 243 cm³/mol. The molecule has 0 bridgehead atoms. The summed E-state index contributed by atoms with van der Waals surface area (Å²) in [6.45, 7) is 13.7. The molecule has 0 spiro atoms. The molecule has 0 rings (SSSR count). The molecular weight excluding hydrogens is 709 g/mol. The highest BCUT2D eigenvalue weighted by Gasteiger charge is 2.19. The molecule has 1 unspecified atom stereocenters. The second kappa shape index (κ2) is 42.5. The number of ether oxygens (including phenoxy) is 3. The number of rotatable bonds is 44. The molecule has 0 fully saturated rings. The molecule has 0 saturated carbocycles. The summed E-state index contributed by atoms with van der Waals surface area (Å²) in [5, 5.41) is 0. The van der Waals surface area contributed by atoms with Gasteiger partial charge in [0, 0.05) is 19.3 Å². The van der Waals surface area contributed by atoms with Crippen LogP contribution in [0.5, 0.6) is 0 Å². The van der Waals surface area contributed by atoms with E-state index < -0.39 is 6.10 Å². The maximum Gasteiger partial charge on any atom is 0.306 e. The molecule has 0 saturated heterocycles. The molecule has 0 amide bonds. The van der Waals surface area contributed by atoms with E-state index in [2.05, 4.69) is 41.5 Å². The van der Waals surface area contributed by atoms with Crippen LogP contribution in [0.2, 0.25) is 0 Å². The van der Waals surface area contributed by atoms with Gasteiger partial charge >= 0.3 is 17.9 Å². The molecule has 0 aliphatic carbocycles. The average Bonchev–Trinajstić information content (AvgIpc) is 3.18. The van der Waals surface area contributed by atoms with E-state index in [4.69, 9.17) is 14.2 Å². The molecule has 0 aliphatic rings. The monoisotopic (exact) mass is 807 g/mol. The highest BCUT2D eigenvalue weighted by molar-refractivity contribution is 5.71. The van der Waals surface area contributed by atoms with Crippen molar-refractivity contribution in [2.24, 2.45) is 17.8 Å². The minimum Gasteiger partial charge on any atom is -0.462 e. The van der Waals surface area contributed by atoms with E-state index in [9.17, 15) is 14.4 Å². The lowest BCUT2D eigenvalue weighted by Gasteiger charge is -2.18. The van der Waals surface area contributed by atoms with Crippen LogP contribution < -0.4 is 0 Å². The number of unbranched alkanes of at least 4 members (excludes halogenated alkanes) is 26. The number of hydrogen-bond donors (Lipinski definition) is 0. The summed E-state index contributed by atoms with van der Waals surface area (Å²) in [6, 6.07) is 0. The summed E-state index contributed by atoms with van der Waals surface area (Å²) >= 11 is 0. The first-order valence-corrected chi connectivity index (χ1v) is 25.1. The Morgan fingerprint density at radius 1 is 0.351 bits per heavy atom. The maximum atomic E-state index is 12.8. The van der Waals surface area contributed by atoms with Gasteiger partial charge in [0.25, 0.3) is 0 Å². The van der Waals surface area contributed by atoms with Gasteiger partial charge in [-0.05, 0) is 37.0 Å². The summed E-state index contributed by atoms with van der Waals surface area (Å²) in [6.07, 6.45) is 40.9. The van der Waals surface area contributed by atoms with Crippen LogP contribution in [0, 0.1) is 17.8 Å². The predicted octanol–water partition coefficient (Wildman–Crippen LogP) is 16.0. The molecule has 57 heavy (non-hydrogen) atoms. The normalized spacial score (nSPS) is 12.6. The Morgan fingerprint density at radius 3 is 0.912 bits per heavy atom. The lowest BCUT2D eigenvalue weighted by molar-refractivity contribution is -0.167. The molecule has 0 aromatic heterocycles. The van der Waals surface area contributed by atoms with Crippen LogP contribution >= 0.6 is 0 Å². The van der Waals surface area contributed by atoms with E-state index in [-0.39, 0.29) is 31.1 Å². The third-order valence-electron chi connectivity index (χ3n) is 11.8. The number of esters is 3. The fraction of sp³-hybridized carbons (Fsp3) is 0.941. The lowest BCUT2D eigenvalue weighted by Crippen LogP contribution is -2.30. The zero-order valence-corrected chi connectivity index (χ0v) is 39.1. The molecule has 6 heteroatoms. The first-order valence-electron chi connectivity index (χ1n) is 25.1. The molecule has 0 aromatic carbocycles. The van der Waals surface area contributed by atoms with Crippen molar-refractivity contribution in [3.63, 3.8) is 0 Å². The van der Waals surface area contributed by atoms with Crippen LogP contribution in [-0.2, 0) is 28.6 Å². The third kappa shape index (κ3) is 43.8. The standard InChI is InChI=1S/C51H98O6/c1-7-47(6)39-33-27-21-16-18-23-29-35-41-50(53)56-44-48(43-55-49(52)40-34-28-22-17-15-20-26-32-38-46(4)5)57-51(54)42-36-30-24-14-12-10-8-9-11-13-19-25-31-37-45(2)3/h45-48H,7-44H2,1-6H3/t47?,48-/m0/s1. The summed E-state index contributed by atoms with van der Waals surface area (Å²) in [5.74, 6) is 1.63. The van der Waals surface area contributed by atoms with Crippen LogP contribution in [0.1, 0.15) is 273 Å². The van der Waals surface area contributed by atoms with Gasteiger partial charge in [0.15, 0.2) is 6.10 Å². The zero-order chi connectivity index (χ0) is 42.0. The van der Waals surface area contributed by atoms with Crippen molar-refractivity contribution < 1.29 is 28.6 Å². The van der Waals surface area contributed by atoms with E-state index in [1.54, 1.807) is 0 Å². The van der Waals surface area contributed by atoms with E-state index >= 15 is 0 Å². The summed E-state index contributed by atoms with van der Waals surface area (Å²) in [5.41, 5.74) is 0. The second-order valence-corrected chi connectivity index (χ2v) is 18.6. The first kappa shape index (κ1) is 55.4. The van der Waals surface area contributed by atoms with Gasteiger partial charge < -0.3 is 14.2 Å². The van der Waals surface area contributed by atoms with E-state index in [1.165, 1.54) is 154 Å². The van der Waals surface area contributed by atoms with Gasteiger partial charge in [-0.1, -0.05) is 234 Å². The highest BCUT2D eigenvalue weighted by Crippen LogP contribution is 2.18. The molecule has 0 aromatic rings. The minimum absolute atomic E-state index is 0.0657. The molecule has 2 atom stereocenters. The van der Waals surface area contributed by atoms with Gasteiger partial charge in [-0.2, -0.15) is 0 Å². The van der Waals surface area contributed by atoms with Crippen LogP contribution in [0.25, 0.3) is 0 Å². The van der Waals surface area contributed by atoms with E-state index in [1.807, 2.05) is 0 Å². The third-order valence-corrected chi connectivity index (χ3v) is 11.8. The van der Waals surface area contributed by atoms with Gasteiger partial charge in [0.1, 0.15) is 13.2 Å². The van der Waals surface area contributed by atoms with E-state index in [0.29, 0.717) is 19.3 Å². The van der Waals surface area contributed by atoms with Crippen molar-refractivity contribution in [1.82, 2.24) is 0 Å². The molecule has 0 radical (unpaired) electrons. The van der Waals surface area contributed by atoms with Crippen molar-refractivity contribution in [3.05, 3.63) is 0 Å². The Bertz CT molecular complexity index is 885. The molecular formula is C51H98O6. The molecule has 0 heterocycles. The molecule has 0 N–H and O–H groups in total. The SMILES string of the molecule is CCC(C)CCCCCCCCCCC(=O)OC[C@H](COC(=O)CCCCCCCCCCC(C)C)OC(=O)CCCCCCCCCCCCCCCC(C)C. The van der Waals surface area contributed by atoms with Crippen molar-refractivity contribution >= 4 is 17.9 Å². The summed E-state index contributed by atoms with van der Waals surface area (Å²) < 4.78 is 16.8. The van der Waals surface area contributed by atoms with Crippen LogP contribution in [-0.4, -0.2) is 37.2 Å². The van der Waals surface area contributed by atoms with Crippen molar-refractivity contribution in [3.8, 4) is 0 Å². The largest absolute Gasteiger partial charge is 0.462 e. The van der Waals surface area contributed by atoms with Crippen LogP contribution in [0.15, 0.2) is 0 Å². The quantitative estimate of drug-likeness (QED) is 0.0347. The number of carbonyl (C=O) groups is 3. The van der Waals surface area contributed by atoms with Crippen LogP contribution in [0.4, 0.5) is 0 Å². The van der Waals surface area contributed by atoms with Gasteiger partial charge in [-0.25, -0.2) is 0 Å². The van der Waals surface area contributed by atoms with Crippen molar-refractivity contribution in [2.75, 3.05) is 13.2 Å².